The summed E-state index contributed by atoms with van der Waals surface area (Å²) in [7, 11) is 1.37. The summed E-state index contributed by atoms with van der Waals surface area (Å²) >= 11 is 0. The predicted molar refractivity (Wildman–Crippen MR) is 68.5 cm³/mol. The summed E-state index contributed by atoms with van der Waals surface area (Å²) < 4.78 is 10.6. The van der Waals surface area contributed by atoms with Gasteiger partial charge >= 0.3 is 5.97 Å². The highest BCUT2D eigenvalue weighted by atomic mass is 16.5. The molecule has 0 N–H and O–H groups in total. The maximum atomic E-state index is 11.7. The Hall–Kier alpha value is -1.84. The molecule has 0 fully saturated rings. The van der Waals surface area contributed by atoms with Gasteiger partial charge in [0, 0.05) is 5.56 Å². The van der Waals surface area contributed by atoms with Crippen LogP contribution in [0.15, 0.2) is 35.3 Å². The quantitative estimate of drug-likeness (QED) is 0.768. The van der Waals surface area contributed by atoms with Crippen LogP contribution in [0.3, 0.4) is 0 Å². The third-order valence-corrected chi connectivity index (χ3v) is 2.94. The Morgan fingerprint density at radius 3 is 2.56 bits per heavy atom. The number of nitrogens with zero attached hydrogens (tertiary/aromatic N) is 1. The van der Waals surface area contributed by atoms with E-state index < -0.39 is 6.04 Å². The SMILES string of the molecule is COC(=O)[C@@H]1N=C(c2ccccc2)O[C@H]1C(C)C. The molecule has 0 unspecified atom stereocenters. The zero-order chi connectivity index (χ0) is 13.1. The van der Waals surface area contributed by atoms with E-state index >= 15 is 0 Å². The van der Waals surface area contributed by atoms with E-state index in [1.165, 1.54) is 7.11 Å². The Balaban J connectivity index is 2.27. The molecule has 4 heteroatoms. The smallest absolute Gasteiger partial charge is 0.334 e. The van der Waals surface area contributed by atoms with Gasteiger partial charge < -0.3 is 9.47 Å². The Bertz CT molecular complexity index is 453. The number of carbonyl (C=O) groups is 1. The van der Waals surface area contributed by atoms with Crippen molar-refractivity contribution in [2.45, 2.75) is 26.0 Å². The van der Waals surface area contributed by atoms with Gasteiger partial charge in [0.2, 0.25) is 5.90 Å². The number of hydrogen-bond donors (Lipinski definition) is 0. The molecule has 2 atom stereocenters. The molecular weight excluding hydrogens is 230 g/mol. The summed E-state index contributed by atoms with van der Waals surface area (Å²) in [6.45, 7) is 4.01. The predicted octanol–water partition coefficient (Wildman–Crippen LogP) is 2.03. The number of ether oxygens (including phenoxy) is 2. The molecule has 18 heavy (non-hydrogen) atoms. The van der Waals surface area contributed by atoms with Crippen molar-refractivity contribution in [3.05, 3.63) is 35.9 Å². The highest BCUT2D eigenvalue weighted by Crippen LogP contribution is 2.24. The van der Waals surface area contributed by atoms with Crippen molar-refractivity contribution in [2.24, 2.45) is 10.9 Å². The normalized spacial score (nSPS) is 22.6. The van der Waals surface area contributed by atoms with Crippen LogP contribution >= 0.6 is 0 Å². The van der Waals surface area contributed by atoms with Crippen LogP contribution in [-0.2, 0) is 14.3 Å². The van der Waals surface area contributed by atoms with E-state index in [4.69, 9.17) is 9.47 Å². The summed E-state index contributed by atoms with van der Waals surface area (Å²) in [6.07, 6.45) is -0.257. The Kier molecular flexibility index (Phi) is 3.65. The average molecular weight is 247 g/mol. The van der Waals surface area contributed by atoms with Gasteiger partial charge in [-0.1, -0.05) is 32.0 Å². The van der Waals surface area contributed by atoms with Crippen LogP contribution in [0.25, 0.3) is 0 Å². The molecule has 1 aliphatic heterocycles. The van der Waals surface area contributed by atoms with E-state index in [2.05, 4.69) is 4.99 Å². The van der Waals surface area contributed by atoms with Crippen LogP contribution in [-0.4, -0.2) is 31.1 Å². The van der Waals surface area contributed by atoms with Crippen LogP contribution in [0.1, 0.15) is 19.4 Å². The minimum Gasteiger partial charge on any atom is -0.471 e. The van der Waals surface area contributed by atoms with Gasteiger partial charge in [0.05, 0.1) is 7.11 Å². The Morgan fingerprint density at radius 2 is 2.00 bits per heavy atom. The van der Waals surface area contributed by atoms with Crippen LogP contribution in [0.4, 0.5) is 0 Å². The fraction of sp³-hybridized carbons (Fsp3) is 0.429. The Labute approximate surface area is 107 Å². The third-order valence-electron chi connectivity index (χ3n) is 2.94. The lowest BCUT2D eigenvalue weighted by atomic mass is 10.0. The molecule has 0 saturated carbocycles. The lowest BCUT2D eigenvalue weighted by Gasteiger charge is -2.19. The molecule has 4 nitrogen and oxygen atoms in total. The van der Waals surface area contributed by atoms with Crippen molar-refractivity contribution in [1.82, 2.24) is 0 Å². The van der Waals surface area contributed by atoms with Gasteiger partial charge in [-0.2, -0.15) is 0 Å². The van der Waals surface area contributed by atoms with Gasteiger partial charge in [0.25, 0.3) is 0 Å². The minimum absolute atomic E-state index is 0.194. The fourth-order valence-corrected chi connectivity index (χ4v) is 1.96. The average Bonchev–Trinajstić information content (AvgIpc) is 2.84. The van der Waals surface area contributed by atoms with Crippen molar-refractivity contribution in [1.29, 1.82) is 0 Å². The van der Waals surface area contributed by atoms with E-state index in [-0.39, 0.29) is 18.0 Å². The fourth-order valence-electron chi connectivity index (χ4n) is 1.96. The van der Waals surface area contributed by atoms with Gasteiger partial charge in [-0.05, 0) is 18.1 Å². The number of rotatable bonds is 3. The second kappa shape index (κ2) is 5.21. The van der Waals surface area contributed by atoms with Crippen LogP contribution < -0.4 is 0 Å². The molecule has 0 amide bonds. The third kappa shape index (κ3) is 2.37. The first kappa shape index (κ1) is 12.6. The number of methoxy groups -OCH3 is 1. The van der Waals surface area contributed by atoms with Crippen LogP contribution in [0, 0.1) is 5.92 Å². The largest absolute Gasteiger partial charge is 0.471 e. The number of hydrogen-bond acceptors (Lipinski definition) is 4. The number of aliphatic imine (C=N–C) groups is 1. The van der Waals surface area contributed by atoms with Gasteiger partial charge in [-0.3, -0.25) is 0 Å². The molecule has 0 aliphatic carbocycles. The molecule has 2 rings (SSSR count). The van der Waals surface area contributed by atoms with E-state index in [9.17, 15) is 4.79 Å². The summed E-state index contributed by atoms with van der Waals surface area (Å²) in [5.74, 6) is 0.364. The van der Waals surface area contributed by atoms with Crippen LogP contribution in [0.5, 0.6) is 0 Å². The zero-order valence-electron chi connectivity index (χ0n) is 10.8. The lowest BCUT2D eigenvalue weighted by molar-refractivity contribution is -0.144. The second-order valence-corrected chi connectivity index (χ2v) is 4.59. The van der Waals surface area contributed by atoms with Crippen molar-refractivity contribution in [2.75, 3.05) is 7.11 Å². The highest BCUT2D eigenvalue weighted by molar-refractivity contribution is 5.98. The van der Waals surface area contributed by atoms with Gasteiger partial charge in [-0.15, -0.1) is 0 Å². The van der Waals surface area contributed by atoms with Crippen LogP contribution in [0.2, 0.25) is 0 Å². The van der Waals surface area contributed by atoms with E-state index in [1.54, 1.807) is 0 Å². The highest BCUT2D eigenvalue weighted by Gasteiger charge is 2.39. The number of benzene rings is 1. The van der Waals surface area contributed by atoms with E-state index in [1.807, 2.05) is 44.2 Å². The first-order chi connectivity index (χ1) is 8.63. The van der Waals surface area contributed by atoms with E-state index in [0.717, 1.165) is 5.56 Å². The standard InChI is InChI=1S/C14H17NO3/c1-9(2)12-11(14(16)17-3)15-13(18-12)10-7-5-4-6-8-10/h4-9,11-12H,1-3H3/t11-,12+/m1/s1. The molecule has 0 aromatic heterocycles. The molecular formula is C14H17NO3. The molecule has 0 spiro atoms. The monoisotopic (exact) mass is 247 g/mol. The first-order valence-electron chi connectivity index (χ1n) is 6.01. The van der Waals surface area contributed by atoms with Gasteiger partial charge in [0.15, 0.2) is 6.04 Å². The maximum Gasteiger partial charge on any atom is 0.334 e. The minimum atomic E-state index is -0.565. The Morgan fingerprint density at radius 1 is 1.33 bits per heavy atom. The molecule has 96 valence electrons. The summed E-state index contributed by atoms with van der Waals surface area (Å²) in [5.41, 5.74) is 0.884. The van der Waals surface area contributed by atoms with Gasteiger partial charge in [0.1, 0.15) is 6.10 Å². The van der Waals surface area contributed by atoms with Crippen molar-refractivity contribution < 1.29 is 14.3 Å². The molecule has 0 bridgehead atoms. The second-order valence-electron chi connectivity index (χ2n) is 4.59. The number of carbonyl (C=O) groups excluding carboxylic acids is 1. The summed E-state index contributed by atoms with van der Waals surface area (Å²) in [5, 5.41) is 0. The molecule has 1 aromatic carbocycles. The topological polar surface area (TPSA) is 47.9 Å². The van der Waals surface area contributed by atoms with Crippen molar-refractivity contribution >= 4 is 11.9 Å². The van der Waals surface area contributed by atoms with Crippen molar-refractivity contribution in [3.63, 3.8) is 0 Å². The molecule has 1 heterocycles. The number of esters is 1. The van der Waals surface area contributed by atoms with Crippen molar-refractivity contribution in [3.8, 4) is 0 Å². The molecule has 1 aromatic rings. The first-order valence-corrected chi connectivity index (χ1v) is 6.01. The molecule has 0 radical (unpaired) electrons. The molecule has 1 aliphatic rings. The molecule has 0 saturated heterocycles. The lowest BCUT2D eigenvalue weighted by Crippen LogP contribution is -2.35. The van der Waals surface area contributed by atoms with E-state index in [0.29, 0.717) is 5.90 Å². The van der Waals surface area contributed by atoms with Gasteiger partial charge in [-0.25, -0.2) is 9.79 Å². The summed E-state index contributed by atoms with van der Waals surface area (Å²) in [6, 6.07) is 9.02. The zero-order valence-corrected chi connectivity index (χ0v) is 10.8. The summed E-state index contributed by atoms with van der Waals surface area (Å²) in [4.78, 5) is 16.0. The maximum absolute atomic E-state index is 11.7.